The molecule has 0 aliphatic carbocycles. The van der Waals surface area contributed by atoms with Crippen LogP contribution >= 0.6 is 0 Å². The number of amides is 1. The fraction of sp³-hybridized carbons (Fsp3) is 0.0909. The van der Waals surface area contributed by atoms with E-state index in [0.29, 0.717) is 17.0 Å². The highest BCUT2D eigenvalue weighted by molar-refractivity contribution is 5.95. The first-order valence-corrected chi connectivity index (χ1v) is 4.75. The highest BCUT2D eigenvalue weighted by atomic mass is 16.7. The van der Waals surface area contributed by atoms with Crippen LogP contribution in [0.5, 0.6) is 11.5 Å². The molecule has 0 bridgehead atoms. The quantitative estimate of drug-likeness (QED) is 0.773. The average Bonchev–Trinajstić information content (AvgIpc) is 2.76. The number of carbonyl (C=O) groups is 1. The molecule has 1 aromatic heterocycles. The Hall–Kier alpha value is -2.30. The SMILES string of the molecule is NC(=O)c1ccc2c3c(ccc2n1)OCO3. The molecule has 5 nitrogen and oxygen atoms in total. The van der Waals surface area contributed by atoms with Crippen molar-refractivity contribution in [2.24, 2.45) is 5.73 Å². The number of aromatic nitrogens is 1. The number of primary amides is 1. The van der Waals surface area contributed by atoms with Gasteiger partial charge < -0.3 is 15.2 Å². The highest BCUT2D eigenvalue weighted by Crippen LogP contribution is 2.38. The first-order chi connectivity index (χ1) is 7.75. The molecule has 0 atom stereocenters. The van der Waals surface area contributed by atoms with E-state index in [1.54, 1.807) is 24.3 Å². The van der Waals surface area contributed by atoms with Crippen molar-refractivity contribution in [2.45, 2.75) is 0 Å². The van der Waals surface area contributed by atoms with Crippen molar-refractivity contribution in [1.29, 1.82) is 0 Å². The van der Waals surface area contributed by atoms with Gasteiger partial charge in [0.2, 0.25) is 6.79 Å². The zero-order chi connectivity index (χ0) is 11.1. The first-order valence-electron chi connectivity index (χ1n) is 4.75. The van der Waals surface area contributed by atoms with Crippen LogP contribution in [0.3, 0.4) is 0 Å². The van der Waals surface area contributed by atoms with E-state index in [2.05, 4.69) is 4.98 Å². The van der Waals surface area contributed by atoms with Crippen molar-refractivity contribution in [3.05, 3.63) is 30.0 Å². The van der Waals surface area contributed by atoms with Gasteiger partial charge >= 0.3 is 0 Å². The van der Waals surface area contributed by atoms with Gasteiger partial charge in [-0.15, -0.1) is 0 Å². The number of nitrogens with zero attached hydrogens (tertiary/aromatic N) is 1. The van der Waals surface area contributed by atoms with Gasteiger partial charge in [0.15, 0.2) is 11.5 Å². The van der Waals surface area contributed by atoms with Crippen LogP contribution in [0.2, 0.25) is 0 Å². The fourth-order valence-corrected chi connectivity index (χ4v) is 1.71. The first kappa shape index (κ1) is 8.96. The highest BCUT2D eigenvalue weighted by Gasteiger charge is 2.17. The van der Waals surface area contributed by atoms with E-state index in [9.17, 15) is 4.79 Å². The summed E-state index contributed by atoms with van der Waals surface area (Å²) in [4.78, 5) is 15.1. The van der Waals surface area contributed by atoms with Crippen LogP contribution in [0, 0.1) is 0 Å². The second-order valence-corrected chi connectivity index (χ2v) is 3.43. The number of hydrogen-bond donors (Lipinski definition) is 1. The molecule has 2 N–H and O–H groups in total. The molecule has 2 aromatic rings. The molecule has 5 heteroatoms. The van der Waals surface area contributed by atoms with Crippen molar-refractivity contribution in [3.8, 4) is 11.5 Å². The topological polar surface area (TPSA) is 74.4 Å². The van der Waals surface area contributed by atoms with Crippen LogP contribution in [-0.2, 0) is 0 Å². The van der Waals surface area contributed by atoms with Crippen LogP contribution in [0.4, 0.5) is 0 Å². The van der Waals surface area contributed by atoms with Crippen molar-refractivity contribution in [2.75, 3.05) is 6.79 Å². The Balaban J connectivity index is 2.28. The van der Waals surface area contributed by atoms with Crippen LogP contribution in [0.15, 0.2) is 24.3 Å². The average molecular weight is 216 g/mol. The summed E-state index contributed by atoms with van der Waals surface area (Å²) >= 11 is 0. The summed E-state index contributed by atoms with van der Waals surface area (Å²) in [6.07, 6.45) is 0. The minimum atomic E-state index is -0.542. The number of carbonyl (C=O) groups excluding carboxylic acids is 1. The monoisotopic (exact) mass is 216 g/mol. The molecule has 0 fully saturated rings. The van der Waals surface area contributed by atoms with Crippen molar-refractivity contribution in [3.63, 3.8) is 0 Å². The van der Waals surface area contributed by atoms with E-state index >= 15 is 0 Å². The lowest BCUT2D eigenvalue weighted by atomic mass is 10.1. The maximum atomic E-state index is 11.0. The molecular weight excluding hydrogens is 208 g/mol. The molecule has 1 aliphatic rings. The number of fused-ring (bicyclic) bond motifs is 3. The molecule has 0 radical (unpaired) electrons. The Bertz CT molecular complexity index is 595. The summed E-state index contributed by atoms with van der Waals surface area (Å²) in [5.74, 6) is 0.821. The molecule has 16 heavy (non-hydrogen) atoms. The molecule has 3 rings (SSSR count). The molecule has 0 spiro atoms. The molecule has 1 aromatic carbocycles. The van der Waals surface area contributed by atoms with Crippen LogP contribution < -0.4 is 15.2 Å². The summed E-state index contributed by atoms with van der Waals surface area (Å²) in [6, 6.07) is 6.88. The van der Waals surface area contributed by atoms with E-state index in [1.165, 1.54) is 0 Å². The second kappa shape index (κ2) is 3.10. The van der Waals surface area contributed by atoms with E-state index in [1.807, 2.05) is 0 Å². The lowest BCUT2D eigenvalue weighted by molar-refractivity contribution is 0.0996. The second-order valence-electron chi connectivity index (χ2n) is 3.43. The smallest absolute Gasteiger partial charge is 0.267 e. The Labute approximate surface area is 90.8 Å². The van der Waals surface area contributed by atoms with E-state index in [-0.39, 0.29) is 12.5 Å². The fourth-order valence-electron chi connectivity index (χ4n) is 1.71. The van der Waals surface area contributed by atoms with Crippen LogP contribution in [-0.4, -0.2) is 17.7 Å². The predicted octanol–water partition coefficient (Wildman–Crippen LogP) is 1.06. The van der Waals surface area contributed by atoms with Gasteiger partial charge in [0.05, 0.1) is 5.52 Å². The molecular formula is C11H8N2O3. The third-order valence-electron chi connectivity index (χ3n) is 2.46. The molecule has 80 valence electrons. The molecule has 2 heterocycles. The van der Waals surface area contributed by atoms with Crippen molar-refractivity contribution >= 4 is 16.8 Å². The summed E-state index contributed by atoms with van der Waals surface area (Å²) in [5.41, 5.74) is 6.07. The third kappa shape index (κ3) is 1.18. The number of benzene rings is 1. The zero-order valence-corrected chi connectivity index (χ0v) is 8.27. The van der Waals surface area contributed by atoms with Crippen molar-refractivity contribution < 1.29 is 14.3 Å². The standard InChI is InChI=1S/C11H8N2O3/c12-11(14)8-2-1-6-7(13-8)3-4-9-10(6)16-5-15-9/h1-4H,5H2,(H2,12,14). The van der Waals surface area contributed by atoms with Gasteiger partial charge in [0.25, 0.3) is 5.91 Å². The molecule has 0 saturated carbocycles. The van der Waals surface area contributed by atoms with Gasteiger partial charge in [0.1, 0.15) is 5.69 Å². The summed E-state index contributed by atoms with van der Waals surface area (Å²) in [5, 5.41) is 0.819. The molecule has 0 unspecified atom stereocenters. The normalized spacial score (nSPS) is 13.0. The maximum Gasteiger partial charge on any atom is 0.267 e. The van der Waals surface area contributed by atoms with Gasteiger partial charge in [0, 0.05) is 5.39 Å². The van der Waals surface area contributed by atoms with Crippen molar-refractivity contribution in [1.82, 2.24) is 4.98 Å². The summed E-state index contributed by atoms with van der Waals surface area (Å²) < 4.78 is 10.6. The van der Waals surface area contributed by atoms with Crippen LogP contribution in [0.25, 0.3) is 10.9 Å². The minimum absolute atomic E-state index is 0.214. The van der Waals surface area contributed by atoms with E-state index in [4.69, 9.17) is 15.2 Å². The number of hydrogen-bond acceptors (Lipinski definition) is 4. The Morgan fingerprint density at radius 2 is 2.12 bits per heavy atom. The summed E-state index contributed by atoms with van der Waals surface area (Å²) in [7, 11) is 0. The molecule has 0 saturated heterocycles. The molecule has 1 amide bonds. The Morgan fingerprint density at radius 1 is 1.25 bits per heavy atom. The zero-order valence-electron chi connectivity index (χ0n) is 8.27. The Kier molecular flexibility index (Phi) is 1.73. The van der Waals surface area contributed by atoms with Gasteiger partial charge in [-0.3, -0.25) is 4.79 Å². The number of nitrogens with two attached hydrogens (primary N) is 1. The Morgan fingerprint density at radius 3 is 2.94 bits per heavy atom. The van der Waals surface area contributed by atoms with Gasteiger partial charge in [-0.05, 0) is 24.3 Å². The maximum absolute atomic E-state index is 11.0. The molecule has 1 aliphatic heterocycles. The van der Waals surface area contributed by atoms with Gasteiger partial charge in [-0.1, -0.05) is 0 Å². The number of ether oxygens (including phenoxy) is 2. The lowest BCUT2D eigenvalue weighted by Crippen LogP contribution is -2.12. The number of rotatable bonds is 1. The largest absolute Gasteiger partial charge is 0.454 e. The van der Waals surface area contributed by atoms with E-state index in [0.717, 1.165) is 5.39 Å². The van der Waals surface area contributed by atoms with Gasteiger partial charge in [-0.25, -0.2) is 4.98 Å². The predicted molar refractivity (Wildman–Crippen MR) is 56.4 cm³/mol. The number of pyridine rings is 1. The third-order valence-corrected chi connectivity index (χ3v) is 2.46. The van der Waals surface area contributed by atoms with E-state index < -0.39 is 5.91 Å². The lowest BCUT2D eigenvalue weighted by Gasteiger charge is -2.02. The van der Waals surface area contributed by atoms with Crippen LogP contribution in [0.1, 0.15) is 10.5 Å². The summed E-state index contributed by atoms with van der Waals surface area (Å²) in [6.45, 7) is 0.214. The minimum Gasteiger partial charge on any atom is -0.454 e. The van der Waals surface area contributed by atoms with Gasteiger partial charge in [-0.2, -0.15) is 0 Å².